The highest BCUT2D eigenvalue weighted by molar-refractivity contribution is 5.99. The Morgan fingerprint density at radius 1 is 1.00 bits per heavy atom. The quantitative estimate of drug-likeness (QED) is 0.324. The molecule has 0 amide bonds. The zero-order valence-corrected chi connectivity index (χ0v) is 22.7. The van der Waals surface area contributed by atoms with E-state index in [0.717, 1.165) is 50.5 Å². The molecule has 0 aromatic heterocycles. The molecule has 202 valence electrons. The van der Waals surface area contributed by atoms with E-state index in [1.54, 1.807) is 0 Å². The van der Waals surface area contributed by atoms with Crippen molar-refractivity contribution in [2.24, 2.45) is 23.2 Å². The van der Waals surface area contributed by atoms with E-state index in [4.69, 9.17) is 9.47 Å². The summed E-state index contributed by atoms with van der Waals surface area (Å²) in [6.45, 7) is 5.27. The molecule has 5 fully saturated rings. The molecule has 5 aliphatic carbocycles. The Labute approximate surface area is 226 Å². The Morgan fingerprint density at radius 3 is 2.42 bits per heavy atom. The highest BCUT2D eigenvalue weighted by atomic mass is 16.7. The molecular weight excluding hydrogens is 476 g/mol. The number of ketones is 1. The fourth-order valence-electron chi connectivity index (χ4n) is 9.19. The number of fused-ring (bicyclic) bond motifs is 4. The van der Waals surface area contributed by atoms with Gasteiger partial charge in [-0.25, -0.2) is 0 Å². The number of Topliss-reactive ketones (excluding diaryl/α,β-unsaturated/α-hetero) is 1. The standard InChI is InChI=1S/C33H40O5/c1-3-13-32(36)15-11-26-24-10-14-31(35)20-33(37-17-18-38-33)16-12-27(31)28(24)25(19-30(26,32)2)21-4-6-22(7-5-21)29(34)23-8-9-23/h4-7,23-26,35-36H,8-12,14-20H2,1-2H3/t24-,25+,26-,30-,31+,32-/m0/s1. The van der Waals surface area contributed by atoms with E-state index >= 15 is 0 Å². The molecule has 5 nitrogen and oxygen atoms in total. The SMILES string of the molecule is CC#C[C@]1(O)CC[C@H]2[C@@H]3CC[C@@]4(O)CC5(CCC4=C3[C@@H](c3ccc(C(=O)C4CC4)cc3)C[C@@]21C)OCCO5. The van der Waals surface area contributed by atoms with Crippen molar-refractivity contribution >= 4 is 5.78 Å². The first-order chi connectivity index (χ1) is 18.2. The minimum absolute atomic E-state index is 0.0795. The molecular formula is C33H40O5. The molecule has 0 bridgehead atoms. The summed E-state index contributed by atoms with van der Waals surface area (Å²) in [6.07, 6.45) is 8.12. The minimum atomic E-state index is -1.00. The number of carbonyl (C=O) groups excluding carboxylic acids is 1. The highest BCUT2D eigenvalue weighted by Gasteiger charge is 2.64. The van der Waals surface area contributed by atoms with Crippen molar-refractivity contribution in [1.29, 1.82) is 0 Å². The molecule has 1 spiro atoms. The Hall–Kier alpha value is -1.97. The fraction of sp³-hybridized carbons (Fsp3) is 0.667. The van der Waals surface area contributed by atoms with E-state index < -0.39 is 17.0 Å². The molecule has 1 saturated heterocycles. The molecule has 1 heterocycles. The van der Waals surface area contributed by atoms with Gasteiger partial charge in [0, 0.05) is 35.7 Å². The summed E-state index contributed by atoms with van der Waals surface area (Å²) in [6, 6.07) is 8.27. The van der Waals surface area contributed by atoms with Gasteiger partial charge in [0.1, 0.15) is 5.60 Å². The monoisotopic (exact) mass is 516 g/mol. The van der Waals surface area contributed by atoms with Crippen LogP contribution in [-0.2, 0) is 9.47 Å². The van der Waals surface area contributed by atoms with Gasteiger partial charge >= 0.3 is 0 Å². The van der Waals surface area contributed by atoms with Crippen molar-refractivity contribution in [3.8, 4) is 11.8 Å². The van der Waals surface area contributed by atoms with Crippen LogP contribution in [-0.4, -0.2) is 46.2 Å². The van der Waals surface area contributed by atoms with Crippen molar-refractivity contribution in [2.45, 2.75) is 101 Å². The van der Waals surface area contributed by atoms with Gasteiger partial charge in [-0.3, -0.25) is 4.79 Å². The van der Waals surface area contributed by atoms with Gasteiger partial charge in [-0.1, -0.05) is 42.7 Å². The lowest BCUT2D eigenvalue weighted by Crippen LogP contribution is -2.55. The summed E-state index contributed by atoms with van der Waals surface area (Å²) < 4.78 is 12.1. The lowest BCUT2D eigenvalue weighted by Gasteiger charge is -2.57. The van der Waals surface area contributed by atoms with Crippen LogP contribution in [0, 0.1) is 35.0 Å². The second-order valence-electron chi connectivity index (χ2n) is 13.2. The molecule has 1 aromatic rings. The summed E-state index contributed by atoms with van der Waals surface area (Å²) in [7, 11) is 0. The maximum absolute atomic E-state index is 12.7. The third kappa shape index (κ3) is 3.57. The molecule has 1 aliphatic heterocycles. The Kier molecular flexibility index (Phi) is 5.61. The van der Waals surface area contributed by atoms with Gasteiger partial charge in [-0.05, 0) is 81.3 Å². The summed E-state index contributed by atoms with van der Waals surface area (Å²) >= 11 is 0. The summed E-state index contributed by atoms with van der Waals surface area (Å²) in [5.74, 6) is 6.80. The fourth-order valence-corrected chi connectivity index (χ4v) is 9.19. The van der Waals surface area contributed by atoms with Crippen molar-refractivity contribution in [1.82, 2.24) is 0 Å². The minimum Gasteiger partial charge on any atom is -0.385 e. The summed E-state index contributed by atoms with van der Waals surface area (Å²) in [5.41, 5.74) is 2.32. The normalized spacial score (nSPS) is 41.2. The number of hydrogen-bond donors (Lipinski definition) is 2. The van der Waals surface area contributed by atoms with E-state index in [1.165, 1.54) is 16.7 Å². The molecule has 6 aliphatic rings. The third-order valence-corrected chi connectivity index (χ3v) is 11.3. The average Bonchev–Trinajstić information content (AvgIpc) is 3.61. The molecule has 0 unspecified atom stereocenters. The number of benzene rings is 1. The van der Waals surface area contributed by atoms with E-state index in [9.17, 15) is 15.0 Å². The van der Waals surface area contributed by atoms with Crippen molar-refractivity contribution in [3.63, 3.8) is 0 Å². The summed E-state index contributed by atoms with van der Waals surface area (Å²) in [4.78, 5) is 12.7. The molecule has 38 heavy (non-hydrogen) atoms. The lowest BCUT2D eigenvalue weighted by atomic mass is 9.49. The van der Waals surface area contributed by atoms with Gasteiger partial charge in [0.15, 0.2) is 11.6 Å². The van der Waals surface area contributed by atoms with Crippen molar-refractivity contribution < 1.29 is 24.5 Å². The number of allylic oxidation sites excluding steroid dienone is 1. The second kappa shape index (κ2) is 8.51. The third-order valence-electron chi connectivity index (χ3n) is 11.3. The Bertz CT molecular complexity index is 1240. The lowest BCUT2D eigenvalue weighted by molar-refractivity contribution is -0.208. The van der Waals surface area contributed by atoms with Crippen LogP contribution < -0.4 is 0 Å². The van der Waals surface area contributed by atoms with Gasteiger partial charge in [0.05, 0.1) is 18.8 Å². The van der Waals surface area contributed by atoms with Gasteiger partial charge in [-0.15, -0.1) is 5.92 Å². The largest absolute Gasteiger partial charge is 0.385 e. The number of hydrogen-bond acceptors (Lipinski definition) is 5. The zero-order chi connectivity index (χ0) is 26.3. The van der Waals surface area contributed by atoms with Crippen LogP contribution in [0.5, 0.6) is 0 Å². The number of carbonyl (C=O) groups is 1. The molecule has 1 aromatic carbocycles. The summed E-state index contributed by atoms with van der Waals surface area (Å²) in [5, 5.41) is 24.1. The van der Waals surface area contributed by atoms with Crippen LogP contribution in [0.4, 0.5) is 0 Å². The first-order valence-electron chi connectivity index (χ1n) is 14.8. The van der Waals surface area contributed by atoms with Crippen LogP contribution in [0.2, 0.25) is 0 Å². The highest BCUT2D eigenvalue weighted by Crippen LogP contribution is 2.67. The van der Waals surface area contributed by atoms with Gasteiger partial charge in [-0.2, -0.15) is 0 Å². The van der Waals surface area contributed by atoms with Crippen LogP contribution in [0.15, 0.2) is 35.4 Å². The van der Waals surface area contributed by atoms with Crippen LogP contribution in [0.25, 0.3) is 0 Å². The predicted octanol–water partition coefficient (Wildman–Crippen LogP) is 5.30. The second-order valence-corrected chi connectivity index (χ2v) is 13.2. The Balaban J connectivity index is 1.33. The molecule has 5 heteroatoms. The first-order valence-corrected chi connectivity index (χ1v) is 14.8. The van der Waals surface area contributed by atoms with E-state index in [1.807, 2.05) is 19.1 Å². The maximum atomic E-state index is 12.7. The van der Waals surface area contributed by atoms with Crippen molar-refractivity contribution in [3.05, 3.63) is 46.5 Å². The van der Waals surface area contributed by atoms with Gasteiger partial charge in [0.2, 0.25) is 0 Å². The van der Waals surface area contributed by atoms with Crippen molar-refractivity contribution in [2.75, 3.05) is 13.2 Å². The van der Waals surface area contributed by atoms with Gasteiger partial charge < -0.3 is 19.7 Å². The molecule has 6 atom stereocenters. The van der Waals surface area contributed by atoms with Crippen LogP contribution in [0.1, 0.15) is 99.9 Å². The van der Waals surface area contributed by atoms with Crippen LogP contribution >= 0.6 is 0 Å². The number of rotatable bonds is 3. The molecule has 4 saturated carbocycles. The molecule has 0 radical (unpaired) electrons. The van der Waals surface area contributed by atoms with E-state index in [0.29, 0.717) is 44.3 Å². The maximum Gasteiger partial charge on any atom is 0.171 e. The van der Waals surface area contributed by atoms with E-state index in [2.05, 4.69) is 30.9 Å². The number of aliphatic hydroxyl groups is 2. The zero-order valence-electron chi connectivity index (χ0n) is 22.7. The first kappa shape index (κ1) is 25.0. The number of ether oxygens (including phenoxy) is 2. The topological polar surface area (TPSA) is 76.0 Å². The molecule has 2 N–H and O–H groups in total. The molecule has 7 rings (SSSR count). The van der Waals surface area contributed by atoms with Crippen LogP contribution in [0.3, 0.4) is 0 Å². The van der Waals surface area contributed by atoms with Gasteiger partial charge in [0.25, 0.3) is 0 Å². The predicted molar refractivity (Wildman–Crippen MR) is 143 cm³/mol. The Morgan fingerprint density at radius 2 is 1.74 bits per heavy atom. The average molecular weight is 517 g/mol. The smallest absolute Gasteiger partial charge is 0.171 e. The van der Waals surface area contributed by atoms with E-state index in [-0.39, 0.29) is 23.0 Å².